The second-order valence-electron chi connectivity index (χ2n) is 5.81. The summed E-state index contributed by atoms with van der Waals surface area (Å²) in [5, 5.41) is 3.44. The Labute approximate surface area is 123 Å². The predicted octanol–water partition coefficient (Wildman–Crippen LogP) is 3.22. The molecule has 3 heteroatoms. The van der Waals surface area contributed by atoms with Crippen molar-refractivity contribution < 1.29 is 4.74 Å². The van der Waals surface area contributed by atoms with E-state index in [2.05, 4.69) is 29.4 Å². The van der Waals surface area contributed by atoms with Crippen LogP contribution in [0.1, 0.15) is 43.7 Å². The number of nitrogens with zero attached hydrogens (tertiary/aromatic N) is 1. The van der Waals surface area contributed by atoms with Crippen LogP contribution in [0.3, 0.4) is 0 Å². The number of rotatable bonds is 6. The van der Waals surface area contributed by atoms with Gasteiger partial charge in [0, 0.05) is 24.2 Å². The molecule has 1 aliphatic rings. The van der Waals surface area contributed by atoms with Crippen LogP contribution < -0.4 is 10.1 Å². The summed E-state index contributed by atoms with van der Waals surface area (Å²) in [6.07, 6.45) is 6.87. The molecule has 1 N–H and O–H groups in total. The minimum Gasteiger partial charge on any atom is -0.496 e. The molecule has 0 aromatic heterocycles. The fraction of sp³-hybridized carbons (Fsp3) is 0.647. The second-order valence-corrected chi connectivity index (χ2v) is 5.81. The molecule has 20 heavy (non-hydrogen) atoms. The van der Waals surface area contributed by atoms with E-state index >= 15 is 0 Å². The smallest absolute Gasteiger partial charge is 0.123 e. The Morgan fingerprint density at radius 2 is 1.95 bits per heavy atom. The summed E-state index contributed by atoms with van der Waals surface area (Å²) < 4.78 is 5.50. The van der Waals surface area contributed by atoms with Crippen molar-refractivity contribution in [3.8, 4) is 5.75 Å². The maximum absolute atomic E-state index is 5.50. The van der Waals surface area contributed by atoms with Crippen molar-refractivity contribution in [2.75, 3.05) is 27.7 Å². The summed E-state index contributed by atoms with van der Waals surface area (Å²) in [7, 11) is 6.04. The molecule has 0 radical (unpaired) electrons. The maximum atomic E-state index is 5.50. The molecule has 3 nitrogen and oxygen atoms in total. The van der Waals surface area contributed by atoms with E-state index in [4.69, 9.17) is 4.74 Å². The number of para-hydroxylation sites is 1. The lowest BCUT2D eigenvalue weighted by Gasteiger charge is -2.34. The van der Waals surface area contributed by atoms with Crippen LogP contribution in [-0.4, -0.2) is 38.7 Å². The number of methoxy groups -OCH3 is 1. The van der Waals surface area contributed by atoms with Crippen molar-refractivity contribution in [2.24, 2.45) is 0 Å². The lowest BCUT2D eigenvalue weighted by atomic mass is 9.94. The average Bonchev–Trinajstić information content (AvgIpc) is 2.53. The molecule has 0 spiro atoms. The van der Waals surface area contributed by atoms with E-state index in [1.165, 1.54) is 37.7 Å². The van der Waals surface area contributed by atoms with Crippen LogP contribution >= 0.6 is 0 Å². The Balaban J connectivity index is 2.04. The lowest BCUT2D eigenvalue weighted by Crippen LogP contribution is -2.39. The average molecular weight is 276 g/mol. The molecule has 112 valence electrons. The van der Waals surface area contributed by atoms with Crippen LogP contribution in [0.4, 0.5) is 0 Å². The molecule has 1 aromatic carbocycles. The van der Waals surface area contributed by atoms with E-state index in [9.17, 15) is 0 Å². The largest absolute Gasteiger partial charge is 0.496 e. The summed E-state index contributed by atoms with van der Waals surface area (Å²) >= 11 is 0. The molecule has 2 rings (SSSR count). The van der Waals surface area contributed by atoms with Gasteiger partial charge in [-0.1, -0.05) is 37.5 Å². The molecule has 0 bridgehead atoms. The fourth-order valence-electron chi connectivity index (χ4n) is 3.26. The van der Waals surface area contributed by atoms with Crippen LogP contribution in [0, 0.1) is 0 Å². The van der Waals surface area contributed by atoms with Crippen LogP contribution in [0.2, 0.25) is 0 Å². The van der Waals surface area contributed by atoms with Gasteiger partial charge in [-0.2, -0.15) is 0 Å². The van der Waals surface area contributed by atoms with E-state index in [1.807, 2.05) is 19.2 Å². The zero-order valence-corrected chi connectivity index (χ0v) is 13.1. The van der Waals surface area contributed by atoms with Crippen LogP contribution in [-0.2, 0) is 0 Å². The van der Waals surface area contributed by atoms with Crippen molar-refractivity contribution in [3.05, 3.63) is 29.8 Å². The van der Waals surface area contributed by atoms with Gasteiger partial charge in [-0.15, -0.1) is 0 Å². The van der Waals surface area contributed by atoms with Gasteiger partial charge in [-0.05, 0) is 33.0 Å². The zero-order valence-electron chi connectivity index (χ0n) is 13.1. The Kier molecular flexibility index (Phi) is 5.86. The Morgan fingerprint density at radius 3 is 2.60 bits per heavy atom. The Hall–Kier alpha value is -1.06. The third-order valence-corrected chi connectivity index (χ3v) is 4.53. The minimum absolute atomic E-state index is 0.318. The third kappa shape index (κ3) is 3.74. The summed E-state index contributed by atoms with van der Waals surface area (Å²) in [4.78, 5) is 2.52. The number of hydrogen-bond donors (Lipinski definition) is 1. The van der Waals surface area contributed by atoms with E-state index in [0.29, 0.717) is 6.04 Å². The number of benzene rings is 1. The van der Waals surface area contributed by atoms with E-state index in [1.54, 1.807) is 7.11 Å². The van der Waals surface area contributed by atoms with Gasteiger partial charge in [0.2, 0.25) is 0 Å². The number of ether oxygens (including phenoxy) is 1. The minimum atomic E-state index is 0.318. The van der Waals surface area contributed by atoms with Crippen molar-refractivity contribution in [3.63, 3.8) is 0 Å². The Bertz CT molecular complexity index is 402. The molecule has 1 saturated carbocycles. The van der Waals surface area contributed by atoms with Crippen molar-refractivity contribution in [2.45, 2.75) is 44.2 Å². The first-order chi connectivity index (χ1) is 9.76. The van der Waals surface area contributed by atoms with E-state index in [0.717, 1.165) is 18.3 Å². The molecule has 0 amide bonds. The summed E-state index contributed by atoms with van der Waals surface area (Å²) in [5.41, 5.74) is 1.25. The molecule has 1 atom stereocenters. The van der Waals surface area contributed by atoms with Crippen LogP contribution in [0.15, 0.2) is 24.3 Å². The van der Waals surface area contributed by atoms with Gasteiger partial charge in [-0.25, -0.2) is 0 Å². The van der Waals surface area contributed by atoms with Crippen LogP contribution in [0.25, 0.3) is 0 Å². The fourth-order valence-corrected chi connectivity index (χ4v) is 3.26. The molecular formula is C17H28N2O. The molecular weight excluding hydrogens is 248 g/mol. The summed E-state index contributed by atoms with van der Waals surface area (Å²) in [6, 6.07) is 9.38. The SMILES string of the molecule is CNC(CN(C)C1CCCCC1)c1ccccc1OC. The summed E-state index contributed by atoms with van der Waals surface area (Å²) in [6.45, 7) is 1.03. The van der Waals surface area contributed by atoms with Crippen molar-refractivity contribution in [1.29, 1.82) is 0 Å². The molecule has 1 aliphatic carbocycles. The number of hydrogen-bond acceptors (Lipinski definition) is 3. The Morgan fingerprint density at radius 1 is 1.25 bits per heavy atom. The van der Waals surface area contributed by atoms with Crippen LogP contribution in [0.5, 0.6) is 5.75 Å². The van der Waals surface area contributed by atoms with E-state index < -0.39 is 0 Å². The first-order valence-corrected chi connectivity index (χ1v) is 7.76. The van der Waals surface area contributed by atoms with Gasteiger partial charge < -0.3 is 15.0 Å². The monoisotopic (exact) mass is 276 g/mol. The topological polar surface area (TPSA) is 24.5 Å². The zero-order chi connectivity index (χ0) is 14.4. The quantitative estimate of drug-likeness (QED) is 0.863. The standard InChI is InChI=1S/C17H28N2O/c1-18-16(15-11-7-8-12-17(15)20-3)13-19(2)14-9-5-4-6-10-14/h7-8,11-12,14,16,18H,4-6,9-10,13H2,1-3H3. The van der Waals surface area contributed by atoms with Gasteiger partial charge in [-0.3, -0.25) is 0 Å². The highest BCUT2D eigenvalue weighted by molar-refractivity contribution is 5.36. The van der Waals surface area contributed by atoms with Crippen molar-refractivity contribution >= 4 is 0 Å². The highest BCUT2D eigenvalue weighted by Crippen LogP contribution is 2.27. The van der Waals surface area contributed by atoms with Gasteiger partial charge in [0.25, 0.3) is 0 Å². The molecule has 1 aromatic rings. The van der Waals surface area contributed by atoms with Gasteiger partial charge >= 0.3 is 0 Å². The maximum Gasteiger partial charge on any atom is 0.123 e. The highest BCUT2D eigenvalue weighted by atomic mass is 16.5. The lowest BCUT2D eigenvalue weighted by molar-refractivity contribution is 0.175. The number of likely N-dealkylation sites (N-methyl/N-ethyl adjacent to an activating group) is 2. The highest BCUT2D eigenvalue weighted by Gasteiger charge is 2.22. The van der Waals surface area contributed by atoms with Gasteiger partial charge in [0.1, 0.15) is 5.75 Å². The first-order valence-electron chi connectivity index (χ1n) is 7.76. The van der Waals surface area contributed by atoms with E-state index in [-0.39, 0.29) is 0 Å². The predicted molar refractivity (Wildman–Crippen MR) is 84.3 cm³/mol. The molecule has 0 aliphatic heterocycles. The first kappa shape index (κ1) is 15.3. The third-order valence-electron chi connectivity index (χ3n) is 4.53. The van der Waals surface area contributed by atoms with Gasteiger partial charge in [0.05, 0.1) is 7.11 Å². The number of nitrogens with one attached hydrogen (secondary N) is 1. The molecule has 1 unspecified atom stereocenters. The van der Waals surface area contributed by atoms with Crippen molar-refractivity contribution in [1.82, 2.24) is 10.2 Å². The second kappa shape index (κ2) is 7.65. The summed E-state index contributed by atoms with van der Waals surface area (Å²) in [5.74, 6) is 0.976. The molecule has 0 heterocycles. The normalized spacial score (nSPS) is 18.2. The molecule has 1 fully saturated rings. The van der Waals surface area contributed by atoms with Gasteiger partial charge in [0.15, 0.2) is 0 Å². The molecule has 0 saturated heterocycles.